The second kappa shape index (κ2) is 12.4. The summed E-state index contributed by atoms with van der Waals surface area (Å²) in [6, 6.07) is 22.9. The Morgan fingerprint density at radius 1 is 0.907 bits per heavy atom. The van der Waals surface area contributed by atoms with Gasteiger partial charge in [0.25, 0.3) is 15.9 Å². The molecule has 2 saturated heterocycles. The fourth-order valence-electron chi connectivity index (χ4n) is 6.27. The molecule has 0 spiro atoms. The van der Waals surface area contributed by atoms with Crippen LogP contribution in [0.2, 0.25) is 0 Å². The molecule has 0 radical (unpaired) electrons. The van der Waals surface area contributed by atoms with Crippen LogP contribution in [0.5, 0.6) is 0 Å². The Morgan fingerprint density at radius 2 is 1.58 bits per heavy atom. The first-order valence-electron chi connectivity index (χ1n) is 14.5. The molecule has 2 N–H and O–H groups in total. The molecule has 1 amide bonds. The number of halogens is 1. The lowest BCUT2D eigenvalue weighted by atomic mass is 9.90. The van der Waals surface area contributed by atoms with Crippen LogP contribution >= 0.6 is 0 Å². The van der Waals surface area contributed by atoms with Crippen molar-refractivity contribution in [3.8, 4) is 5.69 Å². The molecule has 4 aromatic rings. The van der Waals surface area contributed by atoms with Gasteiger partial charge >= 0.3 is 0 Å². The first-order chi connectivity index (χ1) is 20.8. The third-order valence-corrected chi connectivity index (χ3v) is 9.72. The maximum absolute atomic E-state index is 14.0. The fourth-order valence-corrected chi connectivity index (χ4v) is 6.87. The Morgan fingerprint density at radius 3 is 2.26 bits per heavy atom. The number of rotatable bonds is 8. The molecule has 0 unspecified atom stereocenters. The molecule has 2 fully saturated rings. The number of hydrogen-bond acceptors (Lipinski definition) is 6. The molecule has 2 aliphatic heterocycles. The molecule has 0 aliphatic carbocycles. The predicted octanol–water partition coefficient (Wildman–Crippen LogP) is 4.69. The Balaban J connectivity index is 1.20. The first-order valence-corrected chi connectivity index (χ1v) is 16.0. The van der Waals surface area contributed by atoms with E-state index in [1.165, 1.54) is 34.7 Å². The number of carbonyl (C=O) groups excluding carboxylic acids is 1. The van der Waals surface area contributed by atoms with Crippen LogP contribution in [-0.2, 0) is 16.6 Å². The van der Waals surface area contributed by atoms with Crippen molar-refractivity contribution in [2.75, 3.05) is 26.2 Å². The minimum Gasteiger partial charge on any atom is -0.338 e. The molecule has 1 aromatic heterocycles. The second-order valence-electron chi connectivity index (χ2n) is 11.3. The molecule has 3 aromatic carbocycles. The first kappa shape index (κ1) is 29.2. The quantitative estimate of drug-likeness (QED) is 0.283. The van der Waals surface area contributed by atoms with Gasteiger partial charge in [-0.3, -0.25) is 9.69 Å². The van der Waals surface area contributed by atoms with Crippen LogP contribution in [0.1, 0.15) is 58.3 Å². The zero-order valence-electron chi connectivity index (χ0n) is 23.6. The highest BCUT2D eigenvalue weighted by atomic mass is 32.2. The number of likely N-dealkylation sites (tertiary alicyclic amines) is 2. The summed E-state index contributed by atoms with van der Waals surface area (Å²) < 4.78 is 39.2. The van der Waals surface area contributed by atoms with E-state index < -0.39 is 10.0 Å². The van der Waals surface area contributed by atoms with Gasteiger partial charge in [-0.25, -0.2) is 17.5 Å². The minimum absolute atomic E-state index is 0.00296. The van der Waals surface area contributed by atoms with Crippen molar-refractivity contribution in [2.45, 2.75) is 42.5 Å². The van der Waals surface area contributed by atoms with Gasteiger partial charge in [0.2, 0.25) is 0 Å². The molecule has 224 valence electrons. The molecule has 2 aliphatic rings. The number of hydrogen-bond donors (Lipinski definition) is 2. The van der Waals surface area contributed by atoms with Gasteiger partial charge in [0.1, 0.15) is 5.82 Å². The lowest BCUT2D eigenvalue weighted by Gasteiger charge is -2.33. The van der Waals surface area contributed by atoms with E-state index in [-0.39, 0.29) is 22.5 Å². The van der Waals surface area contributed by atoms with E-state index in [1.54, 1.807) is 35.1 Å². The topological polar surface area (TPSA) is 108 Å². The van der Waals surface area contributed by atoms with E-state index in [4.69, 9.17) is 5.21 Å². The standard InChI is InChI=1S/C32H34FN5O4S/c33-27-8-10-28(11-9-27)38-31(30(20-34-38)32(39)37-19-16-26(22-37)24-4-2-1-3-5-24)25-14-17-36(18-15-25)21-23-6-12-29(13-7-23)43(41,42)35-40/h1-13,20,25-26,35,40H,14-19,21-22H2/t26-/m0/s1. The van der Waals surface area contributed by atoms with E-state index in [2.05, 4.69) is 22.1 Å². The molecule has 43 heavy (non-hydrogen) atoms. The fraction of sp³-hybridized carbons (Fsp3) is 0.312. The summed E-state index contributed by atoms with van der Waals surface area (Å²) in [7, 11) is -3.91. The van der Waals surface area contributed by atoms with E-state index in [9.17, 15) is 17.6 Å². The van der Waals surface area contributed by atoms with Crippen LogP contribution in [0.15, 0.2) is 90.0 Å². The van der Waals surface area contributed by atoms with Crippen molar-refractivity contribution >= 4 is 15.9 Å². The summed E-state index contributed by atoms with van der Waals surface area (Å²) in [6.07, 6.45) is 4.19. The van der Waals surface area contributed by atoms with Crippen LogP contribution < -0.4 is 4.89 Å². The predicted molar refractivity (Wildman–Crippen MR) is 159 cm³/mol. The van der Waals surface area contributed by atoms with E-state index in [0.29, 0.717) is 36.8 Å². The average molecular weight is 604 g/mol. The largest absolute Gasteiger partial charge is 0.338 e. The molecular formula is C32H34FN5O4S. The highest BCUT2D eigenvalue weighted by molar-refractivity contribution is 7.89. The van der Waals surface area contributed by atoms with Gasteiger partial charge in [-0.2, -0.15) is 5.10 Å². The number of benzene rings is 3. The van der Waals surface area contributed by atoms with Crippen LogP contribution in [0.4, 0.5) is 4.39 Å². The highest BCUT2D eigenvalue weighted by Gasteiger charge is 2.34. The number of carbonyl (C=O) groups is 1. The molecule has 0 bridgehead atoms. The zero-order valence-corrected chi connectivity index (χ0v) is 24.5. The van der Waals surface area contributed by atoms with Crippen LogP contribution in [0, 0.1) is 5.82 Å². The Kier molecular flexibility index (Phi) is 8.40. The van der Waals surface area contributed by atoms with Crippen molar-refractivity contribution in [3.63, 3.8) is 0 Å². The highest BCUT2D eigenvalue weighted by Crippen LogP contribution is 2.35. The van der Waals surface area contributed by atoms with Gasteiger partial charge in [-0.05, 0) is 79.9 Å². The van der Waals surface area contributed by atoms with Crippen molar-refractivity contribution in [2.24, 2.45) is 0 Å². The summed E-state index contributed by atoms with van der Waals surface area (Å²) in [4.78, 5) is 19.5. The molecule has 1 atom stereocenters. The number of aromatic nitrogens is 2. The van der Waals surface area contributed by atoms with Gasteiger partial charge in [0, 0.05) is 31.5 Å². The smallest absolute Gasteiger partial charge is 0.262 e. The van der Waals surface area contributed by atoms with Crippen molar-refractivity contribution in [1.82, 2.24) is 24.5 Å². The summed E-state index contributed by atoms with van der Waals surface area (Å²) >= 11 is 0. The monoisotopic (exact) mass is 603 g/mol. The number of nitrogens with zero attached hydrogens (tertiary/aromatic N) is 4. The number of amides is 1. The van der Waals surface area contributed by atoms with Crippen molar-refractivity contribution in [1.29, 1.82) is 0 Å². The molecule has 0 saturated carbocycles. The Labute approximate surface area is 250 Å². The Hall–Kier alpha value is -3.90. The molecule has 6 rings (SSSR count). The lowest BCUT2D eigenvalue weighted by Crippen LogP contribution is -2.34. The summed E-state index contributed by atoms with van der Waals surface area (Å²) in [5.41, 5.74) is 4.39. The van der Waals surface area contributed by atoms with Gasteiger partial charge in [0.05, 0.1) is 28.0 Å². The van der Waals surface area contributed by atoms with Gasteiger partial charge < -0.3 is 10.1 Å². The second-order valence-corrected chi connectivity index (χ2v) is 12.9. The number of nitrogens with one attached hydrogen (secondary N) is 1. The van der Waals surface area contributed by atoms with Crippen molar-refractivity contribution < 1.29 is 22.8 Å². The average Bonchev–Trinajstić information content (AvgIpc) is 3.71. The van der Waals surface area contributed by atoms with Gasteiger partial charge in [-0.15, -0.1) is 0 Å². The van der Waals surface area contributed by atoms with Crippen LogP contribution in [-0.4, -0.2) is 65.3 Å². The van der Waals surface area contributed by atoms with E-state index in [0.717, 1.165) is 43.6 Å². The molecule has 9 nitrogen and oxygen atoms in total. The van der Waals surface area contributed by atoms with Gasteiger partial charge in [-0.1, -0.05) is 47.3 Å². The van der Waals surface area contributed by atoms with Crippen LogP contribution in [0.25, 0.3) is 5.69 Å². The SMILES string of the molecule is O=C(c1cnn(-c2ccc(F)cc2)c1C1CCN(Cc2ccc(S(=O)(=O)NO)cc2)CC1)N1CC[C@H](c2ccccc2)C1. The number of piperidine rings is 1. The summed E-state index contributed by atoms with van der Waals surface area (Å²) in [5.74, 6) is 0.0393. The van der Waals surface area contributed by atoms with E-state index in [1.807, 2.05) is 23.1 Å². The molecule has 3 heterocycles. The third-order valence-electron chi connectivity index (χ3n) is 8.59. The number of sulfonamides is 1. The maximum atomic E-state index is 14.0. The Bertz CT molecular complexity index is 1670. The van der Waals surface area contributed by atoms with E-state index >= 15 is 0 Å². The van der Waals surface area contributed by atoms with Gasteiger partial charge in [0.15, 0.2) is 0 Å². The van der Waals surface area contributed by atoms with Crippen LogP contribution in [0.3, 0.4) is 0 Å². The third kappa shape index (κ3) is 6.25. The van der Waals surface area contributed by atoms with Crippen molar-refractivity contribution in [3.05, 3.63) is 113 Å². The zero-order chi connectivity index (χ0) is 30.0. The summed E-state index contributed by atoms with van der Waals surface area (Å²) in [5, 5.41) is 13.5. The minimum atomic E-state index is -3.91. The molecule has 11 heteroatoms. The maximum Gasteiger partial charge on any atom is 0.262 e. The normalized spacial score (nSPS) is 18.3. The summed E-state index contributed by atoms with van der Waals surface area (Å²) in [6.45, 7) is 3.57. The lowest BCUT2D eigenvalue weighted by molar-refractivity contribution is 0.0788. The molecular weight excluding hydrogens is 569 g/mol.